The Bertz CT molecular complexity index is 781. The highest BCUT2D eigenvalue weighted by Crippen LogP contribution is 2.30. The molecule has 0 bridgehead atoms. The van der Waals surface area contributed by atoms with Crippen LogP contribution in [0.15, 0.2) is 41.5 Å². The lowest BCUT2D eigenvalue weighted by Gasteiger charge is -2.30. The minimum atomic E-state index is -4.49. The first kappa shape index (κ1) is 22.7. The number of likely N-dealkylation sites (N-methyl/N-ethyl adjacent to an activating group) is 1. The molecule has 0 saturated carbocycles. The Morgan fingerprint density at radius 3 is 2.38 bits per heavy atom. The van der Waals surface area contributed by atoms with Crippen LogP contribution >= 0.6 is 0 Å². The van der Waals surface area contributed by atoms with Crippen LogP contribution in [0.1, 0.15) is 36.7 Å². The zero-order chi connectivity index (χ0) is 21.4. The fourth-order valence-electron chi connectivity index (χ4n) is 3.30. The first-order chi connectivity index (χ1) is 13.8. The number of hydrogen-bond acceptors (Lipinski definition) is 3. The second kappa shape index (κ2) is 10.3. The van der Waals surface area contributed by atoms with Crippen LogP contribution in [0.25, 0.3) is 0 Å². The van der Waals surface area contributed by atoms with E-state index < -0.39 is 11.9 Å². The average molecular weight is 410 g/mol. The Labute approximate surface area is 169 Å². The van der Waals surface area contributed by atoms with Crippen molar-refractivity contribution in [2.45, 2.75) is 32.6 Å². The van der Waals surface area contributed by atoms with Gasteiger partial charge < -0.3 is 10.6 Å². The molecule has 0 amide bonds. The predicted octanol–water partition coefficient (Wildman–Crippen LogP) is 3.19. The van der Waals surface area contributed by atoms with Crippen molar-refractivity contribution in [3.05, 3.63) is 53.3 Å². The van der Waals surface area contributed by atoms with Gasteiger partial charge in [-0.15, -0.1) is 0 Å². The van der Waals surface area contributed by atoms with E-state index in [2.05, 4.69) is 51.6 Å². The molecule has 0 aliphatic rings. The lowest BCUT2D eigenvalue weighted by Crippen LogP contribution is -2.43. The molecule has 0 spiro atoms. The van der Waals surface area contributed by atoms with Crippen LogP contribution in [0.3, 0.4) is 0 Å². The standard InChI is InChI=1S/C20H29F3N6/c1-5-29(6-2)17(15-10-8-7-9-11-15)13-26-19(24-3)25-12-16-14-28(4)27-18(16)20(21,22)23/h7-11,14,17H,5-6,12-13H2,1-4H3,(H2,24,25,26). The fraction of sp³-hybridized carbons (Fsp3) is 0.500. The number of aryl methyl sites for hydroxylation is 1. The third kappa shape index (κ3) is 6.22. The lowest BCUT2D eigenvalue weighted by molar-refractivity contribution is -0.142. The summed E-state index contributed by atoms with van der Waals surface area (Å²) in [5.41, 5.74) is 0.366. The van der Waals surface area contributed by atoms with Gasteiger partial charge in [-0.25, -0.2) is 0 Å². The first-order valence-corrected chi connectivity index (χ1v) is 9.63. The Balaban J connectivity index is 2.06. The van der Waals surface area contributed by atoms with Crippen LogP contribution < -0.4 is 10.6 Å². The zero-order valence-electron chi connectivity index (χ0n) is 17.3. The van der Waals surface area contributed by atoms with E-state index in [-0.39, 0.29) is 18.2 Å². The van der Waals surface area contributed by atoms with Gasteiger partial charge in [-0.3, -0.25) is 14.6 Å². The van der Waals surface area contributed by atoms with Crippen molar-refractivity contribution in [3.63, 3.8) is 0 Å². The molecule has 0 fully saturated rings. The Morgan fingerprint density at radius 2 is 1.83 bits per heavy atom. The zero-order valence-corrected chi connectivity index (χ0v) is 17.3. The molecule has 1 heterocycles. The average Bonchev–Trinajstić information content (AvgIpc) is 3.09. The molecule has 1 aromatic carbocycles. The lowest BCUT2D eigenvalue weighted by atomic mass is 10.1. The largest absolute Gasteiger partial charge is 0.435 e. The van der Waals surface area contributed by atoms with E-state index in [0.717, 1.165) is 13.1 Å². The summed E-state index contributed by atoms with van der Waals surface area (Å²) in [6, 6.07) is 10.2. The maximum atomic E-state index is 13.1. The number of nitrogens with one attached hydrogen (secondary N) is 2. The van der Waals surface area contributed by atoms with Crippen LogP contribution in [0.2, 0.25) is 0 Å². The number of benzene rings is 1. The van der Waals surface area contributed by atoms with Gasteiger partial charge in [0.15, 0.2) is 11.7 Å². The van der Waals surface area contributed by atoms with E-state index in [1.165, 1.54) is 23.5 Å². The van der Waals surface area contributed by atoms with E-state index in [9.17, 15) is 13.2 Å². The van der Waals surface area contributed by atoms with Gasteiger partial charge in [0.25, 0.3) is 0 Å². The van der Waals surface area contributed by atoms with Gasteiger partial charge in [0, 0.05) is 38.9 Å². The van der Waals surface area contributed by atoms with Crippen molar-refractivity contribution in [2.24, 2.45) is 12.0 Å². The summed E-state index contributed by atoms with van der Waals surface area (Å²) in [5, 5.41) is 9.73. The Hall–Kier alpha value is -2.55. The second-order valence-electron chi connectivity index (χ2n) is 6.63. The van der Waals surface area contributed by atoms with Crippen LogP contribution in [-0.2, 0) is 19.8 Å². The fourth-order valence-corrected chi connectivity index (χ4v) is 3.30. The molecule has 29 heavy (non-hydrogen) atoms. The third-order valence-corrected chi connectivity index (χ3v) is 4.74. The smallest absolute Gasteiger partial charge is 0.354 e. The molecular weight excluding hydrogens is 381 g/mol. The summed E-state index contributed by atoms with van der Waals surface area (Å²) in [4.78, 5) is 6.46. The van der Waals surface area contributed by atoms with Crippen molar-refractivity contribution in [1.82, 2.24) is 25.3 Å². The van der Waals surface area contributed by atoms with Crippen LogP contribution in [0, 0.1) is 0 Å². The Kier molecular flexibility index (Phi) is 8.07. The van der Waals surface area contributed by atoms with Crippen LogP contribution in [0.4, 0.5) is 13.2 Å². The minimum absolute atomic E-state index is 0.0242. The van der Waals surface area contributed by atoms with Crippen molar-refractivity contribution >= 4 is 5.96 Å². The highest BCUT2D eigenvalue weighted by molar-refractivity contribution is 5.79. The number of guanidine groups is 1. The molecule has 2 aromatic rings. The monoisotopic (exact) mass is 410 g/mol. The number of alkyl halides is 3. The third-order valence-electron chi connectivity index (χ3n) is 4.74. The number of aromatic nitrogens is 2. The van der Waals surface area contributed by atoms with Crippen molar-refractivity contribution in [3.8, 4) is 0 Å². The molecule has 0 radical (unpaired) electrons. The van der Waals surface area contributed by atoms with E-state index in [4.69, 9.17) is 0 Å². The van der Waals surface area contributed by atoms with Crippen molar-refractivity contribution in [2.75, 3.05) is 26.7 Å². The highest BCUT2D eigenvalue weighted by atomic mass is 19.4. The summed E-state index contributed by atoms with van der Waals surface area (Å²) < 4.78 is 40.5. The highest BCUT2D eigenvalue weighted by Gasteiger charge is 2.36. The van der Waals surface area contributed by atoms with Gasteiger partial charge in [0.1, 0.15) is 0 Å². The van der Waals surface area contributed by atoms with E-state index in [1.807, 2.05) is 18.2 Å². The first-order valence-electron chi connectivity index (χ1n) is 9.63. The van der Waals surface area contributed by atoms with Gasteiger partial charge >= 0.3 is 6.18 Å². The summed E-state index contributed by atoms with van der Waals surface area (Å²) in [7, 11) is 3.07. The summed E-state index contributed by atoms with van der Waals surface area (Å²) >= 11 is 0. The minimum Gasteiger partial charge on any atom is -0.354 e. The molecule has 2 rings (SSSR count). The molecule has 0 saturated heterocycles. The number of hydrogen-bond donors (Lipinski definition) is 2. The van der Waals surface area contributed by atoms with Gasteiger partial charge in [-0.1, -0.05) is 44.2 Å². The molecule has 0 aliphatic heterocycles. The summed E-state index contributed by atoms with van der Waals surface area (Å²) in [6.07, 6.45) is -3.12. The normalized spacial score (nSPS) is 13.6. The van der Waals surface area contributed by atoms with Gasteiger partial charge in [-0.2, -0.15) is 18.3 Å². The van der Waals surface area contributed by atoms with Gasteiger partial charge in [0.05, 0.1) is 6.04 Å². The SMILES string of the molecule is CCN(CC)C(CNC(=NC)NCc1cn(C)nc1C(F)(F)F)c1ccccc1. The second-order valence-corrected chi connectivity index (χ2v) is 6.63. The van der Waals surface area contributed by atoms with Crippen LogP contribution in [-0.4, -0.2) is 47.3 Å². The summed E-state index contributed by atoms with van der Waals surface area (Å²) in [6.45, 7) is 6.53. The van der Waals surface area contributed by atoms with Gasteiger partial charge in [-0.05, 0) is 18.7 Å². The number of rotatable bonds is 8. The molecule has 1 aromatic heterocycles. The number of halogens is 3. The number of aliphatic imine (C=N–C) groups is 1. The van der Waals surface area contributed by atoms with E-state index in [1.54, 1.807) is 7.05 Å². The maximum Gasteiger partial charge on any atom is 0.435 e. The predicted molar refractivity (Wildman–Crippen MR) is 109 cm³/mol. The Morgan fingerprint density at radius 1 is 1.17 bits per heavy atom. The molecule has 0 aliphatic carbocycles. The van der Waals surface area contributed by atoms with Gasteiger partial charge in [0.2, 0.25) is 0 Å². The van der Waals surface area contributed by atoms with Crippen LogP contribution in [0.5, 0.6) is 0 Å². The van der Waals surface area contributed by atoms with E-state index >= 15 is 0 Å². The molecule has 1 atom stereocenters. The molecular formula is C20H29F3N6. The molecule has 6 nitrogen and oxygen atoms in total. The topological polar surface area (TPSA) is 57.5 Å². The molecule has 160 valence electrons. The number of nitrogens with zero attached hydrogens (tertiary/aromatic N) is 4. The molecule has 1 unspecified atom stereocenters. The molecule has 2 N–H and O–H groups in total. The van der Waals surface area contributed by atoms with E-state index in [0.29, 0.717) is 12.5 Å². The van der Waals surface area contributed by atoms with Crippen molar-refractivity contribution in [1.29, 1.82) is 0 Å². The quantitative estimate of drug-likeness (QED) is 0.518. The van der Waals surface area contributed by atoms with Crippen molar-refractivity contribution < 1.29 is 13.2 Å². The maximum absolute atomic E-state index is 13.1. The molecule has 9 heteroatoms. The summed E-state index contributed by atoms with van der Waals surface area (Å²) in [5.74, 6) is 0.440.